The van der Waals surface area contributed by atoms with Crippen molar-refractivity contribution in [2.24, 2.45) is 0 Å². The van der Waals surface area contributed by atoms with Gasteiger partial charge in [0.25, 0.3) is 5.91 Å². The fourth-order valence-electron chi connectivity index (χ4n) is 1.41. The average Bonchev–Trinajstić information content (AvgIpc) is 2.85. The molecule has 0 aliphatic rings. The van der Waals surface area contributed by atoms with Crippen molar-refractivity contribution in [3.8, 4) is 0 Å². The molecular weight excluding hydrogens is 239 g/mol. The Labute approximate surface area is 101 Å². The van der Waals surface area contributed by atoms with Crippen LogP contribution in [0.3, 0.4) is 0 Å². The van der Waals surface area contributed by atoms with Crippen molar-refractivity contribution < 1.29 is 19.1 Å². The summed E-state index contributed by atoms with van der Waals surface area (Å²) in [5, 5.41) is 11.0. The van der Waals surface area contributed by atoms with Gasteiger partial charge in [-0.2, -0.15) is 0 Å². The molecule has 0 radical (unpaired) electrons. The molecule has 2 rings (SSSR count). The summed E-state index contributed by atoms with van der Waals surface area (Å²) in [7, 11) is 0. The summed E-state index contributed by atoms with van der Waals surface area (Å²) < 4.78 is 13.5. The molecule has 92 valence electrons. The molecule has 1 heterocycles. The van der Waals surface area contributed by atoms with Crippen molar-refractivity contribution in [3.63, 3.8) is 0 Å². The Morgan fingerprint density at radius 2 is 2.06 bits per heavy atom. The molecular formula is C12H9FN2O3. The normalized spacial score (nSPS) is 10.1. The molecule has 1 amide bonds. The first-order valence-corrected chi connectivity index (χ1v) is 5.05. The Bertz CT molecular complexity index is 593. The Morgan fingerprint density at radius 3 is 2.61 bits per heavy atom. The third-order valence-corrected chi connectivity index (χ3v) is 2.31. The van der Waals surface area contributed by atoms with Crippen LogP contribution in [-0.4, -0.2) is 22.0 Å². The highest BCUT2D eigenvalue weighted by Crippen LogP contribution is 2.16. The van der Waals surface area contributed by atoms with Crippen molar-refractivity contribution in [2.45, 2.75) is 0 Å². The molecule has 0 fully saturated rings. The maximum absolute atomic E-state index is 13.5. The summed E-state index contributed by atoms with van der Waals surface area (Å²) in [6.45, 7) is 0. The van der Waals surface area contributed by atoms with Crippen LogP contribution in [0.4, 0.5) is 10.1 Å². The van der Waals surface area contributed by atoms with Gasteiger partial charge < -0.3 is 15.4 Å². The number of anilines is 1. The molecule has 3 N–H and O–H groups in total. The highest BCUT2D eigenvalue weighted by molar-refractivity contribution is 6.03. The monoisotopic (exact) mass is 248 g/mol. The predicted molar refractivity (Wildman–Crippen MR) is 62.1 cm³/mol. The summed E-state index contributed by atoms with van der Waals surface area (Å²) >= 11 is 0. The van der Waals surface area contributed by atoms with Crippen LogP contribution in [0.2, 0.25) is 0 Å². The number of aromatic carboxylic acids is 1. The highest BCUT2D eigenvalue weighted by atomic mass is 19.1. The summed E-state index contributed by atoms with van der Waals surface area (Å²) in [4.78, 5) is 24.9. The largest absolute Gasteiger partial charge is 0.478 e. The van der Waals surface area contributed by atoms with E-state index >= 15 is 0 Å². The zero-order valence-corrected chi connectivity index (χ0v) is 9.11. The lowest BCUT2D eigenvalue weighted by Gasteiger charge is -2.05. The number of aromatic amines is 1. The minimum absolute atomic E-state index is 0.0698. The minimum Gasteiger partial charge on any atom is -0.478 e. The number of carbonyl (C=O) groups is 2. The number of carboxylic acid groups (broad SMARTS) is 1. The highest BCUT2D eigenvalue weighted by Gasteiger charge is 2.12. The molecule has 0 spiro atoms. The van der Waals surface area contributed by atoms with Gasteiger partial charge in [0.2, 0.25) is 0 Å². The lowest BCUT2D eigenvalue weighted by molar-refractivity contribution is 0.0696. The number of amides is 1. The van der Waals surface area contributed by atoms with Crippen LogP contribution in [0.25, 0.3) is 0 Å². The van der Waals surface area contributed by atoms with Gasteiger partial charge in [-0.1, -0.05) is 0 Å². The van der Waals surface area contributed by atoms with Gasteiger partial charge in [0.15, 0.2) is 0 Å². The van der Waals surface area contributed by atoms with E-state index in [0.29, 0.717) is 0 Å². The molecule has 2 aromatic rings. The Hall–Kier alpha value is -2.63. The van der Waals surface area contributed by atoms with Gasteiger partial charge in [-0.3, -0.25) is 4.79 Å². The number of benzene rings is 1. The van der Waals surface area contributed by atoms with E-state index in [1.807, 2.05) is 0 Å². The van der Waals surface area contributed by atoms with Crippen LogP contribution < -0.4 is 5.32 Å². The van der Waals surface area contributed by atoms with E-state index < -0.39 is 17.7 Å². The molecule has 18 heavy (non-hydrogen) atoms. The number of carboxylic acids is 1. The second-order valence-electron chi connectivity index (χ2n) is 3.54. The number of rotatable bonds is 3. The van der Waals surface area contributed by atoms with Crippen LogP contribution in [0.1, 0.15) is 20.8 Å². The van der Waals surface area contributed by atoms with Crippen molar-refractivity contribution in [1.82, 2.24) is 4.98 Å². The van der Waals surface area contributed by atoms with E-state index in [1.165, 1.54) is 12.1 Å². The van der Waals surface area contributed by atoms with Crippen molar-refractivity contribution in [1.29, 1.82) is 0 Å². The molecule has 1 aromatic carbocycles. The van der Waals surface area contributed by atoms with Gasteiger partial charge in [0, 0.05) is 6.20 Å². The average molecular weight is 248 g/mol. The van der Waals surface area contributed by atoms with Gasteiger partial charge in [-0.05, 0) is 30.3 Å². The van der Waals surface area contributed by atoms with Crippen LogP contribution in [-0.2, 0) is 0 Å². The summed E-state index contributed by atoms with van der Waals surface area (Å²) in [6.07, 6.45) is 1.57. The standard InChI is InChI=1S/C12H9FN2O3/c13-8-6-7(12(17)18)3-4-9(8)15-11(16)10-2-1-5-14-10/h1-6,14H,(H,15,16)(H,17,18). The van der Waals surface area contributed by atoms with E-state index in [0.717, 1.165) is 6.07 Å². The first kappa shape index (κ1) is 11.8. The molecule has 0 atom stereocenters. The number of hydrogen-bond acceptors (Lipinski definition) is 2. The molecule has 0 aliphatic carbocycles. The predicted octanol–water partition coefficient (Wildman–Crippen LogP) is 2.10. The number of H-pyrrole nitrogens is 1. The van der Waals surface area contributed by atoms with E-state index in [4.69, 9.17) is 5.11 Å². The van der Waals surface area contributed by atoms with E-state index in [9.17, 15) is 14.0 Å². The SMILES string of the molecule is O=C(O)c1ccc(NC(=O)c2ccc[nH]2)c(F)c1. The number of nitrogens with one attached hydrogen (secondary N) is 2. The first-order chi connectivity index (χ1) is 8.58. The van der Waals surface area contributed by atoms with Crippen LogP contribution in [0.15, 0.2) is 36.5 Å². The fraction of sp³-hybridized carbons (Fsp3) is 0. The number of halogens is 1. The smallest absolute Gasteiger partial charge is 0.335 e. The molecule has 0 unspecified atom stereocenters. The van der Waals surface area contributed by atoms with Crippen LogP contribution in [0.5, 0.6) is 0 Å². The molecule has 0 saturated heterocycles. The van der Waals surface area contributed by atoms with Crippen molar-refractivity contribution in [2.75, 3.05) is 5.32 Å². The molecule has 0 aliphatic heterocycles. The molecule has 5 nitrogen and oxygen atoms in total. The second kappa shape index (κ2) is 4.70. The third kappa shape index (κ3) is 2.37. The summed E-state index contributed by atoms with van der Waals surface area (Å²) in [5.41, 5.74) is 0.0432. The number of carbonyl (C=O) groups excluding carboxylic acids is 1. The number of aromatic nitrogens is 1. The van der Waals surface area contributed by atoms with E-state index in [1.54, 1.807) is 18.3 Å². The van der Waals surface area contributed by atoms with Crippen molar-refractivity contribution >= 4 is 17.6 Å². The lowest BCUT2D eigenvalue weighted by Crippen LogP contribution is -2.13. The fourth-order valence-corrected chi connectivity index (χ4v) is 1.41. The van der Waals surface area contributed by atoms with Gasteiger partial charge in [-0.15, -0.1) is 0 Å². The maximum atomic E-state index is 13.5. The topological polar surface area (TPSA) is 82.2 Å². The van der Waals surface area contributed by atoms with Gasteiger partial charge >= 0.3 is 5.97 Å². The molecule has 1 aromatic heterocycles. The molecule has 0 bridgehead atoms. The quantitative estimate of drug-likeness (QED) is 0.777. The zero-order chi connectivity index (χ0) is 13.1. The van der Waals surface area contributed by atoms with Gasteiger partial charge in [-0.25, -0.2) is 9.18 Å². The van der Waals surface area contributed by atoms with E-state index in [2.05, 4.69) is 10.3 Å². The maximum Gasteiger partial charge on any atom is 0.335 e. The summed E-state index contributed by atoms with van der Waals surface area (Å²) in [6, 6.07) is 6.46. The van der Waals surface area contributed by atoms with Crippen LogP contribution in [0, 0.1) is 5.82 Å². The van der Waals surface area contributed by atoms with Crippen LogP contribution >= 0.6 is 0 Å². The Balaban J connectivity index is 2.20. The van der Waals surface area contributed by atoms with E-state index in [-0.39, 0.29) is 16.9 Å². The molecule has 0 saturated carbocycles. The lowest BCUT2D eigenvalue weighted by atomic mass is 10.2. The number of hydrogen-bond donors (Lipinski definition) is 3. The zero-order valence-electron chi connectivity index (χ0n) is 9.11. The Morgan fingerprint density at radius 1 is 1.28 bits per heavy atom. The molecule has 6 heteroatoms. The second-order valence-corrected chi connectivity index (χ2v) is 3.54. The Kier molecular flexibility index (Phi) is 3.09. The minimum atomic E-state index is -1.23. The first-order valence-electron chi connectivity index (χ1n) is 5.05. The third-order valence-electron chi connectivity index (χ3n) is 2.31. The van der Waals surface area contributed by atoms with Gasteiger partial charge in [0.05, 0.1) is 11.3 Å². The van der Waals surface area contributed by atoms with Crippen molar-refractivity contribution in [3.05, 3.63) is 53.6 Å². The summed E-state index contributed by atoms with van der Waals surface area (Å²) in [5.74, 6) is -2.52. The van der Waals surface area contributed by atoms with Gasteiger partial charge in [0.1, 0.15) is 11.5 Å².